The van der Waals surface area contributed by atoms with Crippen LogP contribution in [0.2, 0.25) is 0 Å². The van der Waals surface area contributed by atoms with Crippen LogP contribution in [0.5, 0.6) is 0 Å². The van der Waals surface area contributed by atoms with E-state index in [2.05, 4.69) is 34.9 Å². The van der Waals surface area contributed by atoms with Crippen LogP contribution < -0.4 is 10.0 Å². The first-order valence-corrected chi connectivity index (χ1v) is 13.6. The highest BCUT2D eigenvalue weighted by Crippen LogP contribution is 2.39. The maximum Gasteiger partial charge on any atom is 0.332 e. The van der Waals surface area contributed by atoms with E-state index in [1.165, 1.54) is 28.7 Å². The zero-order valence-corrected chi connectivity index (χ0v) is 19.6. The normalized spacial score (nSPS) is 27.8. The van der Waals surface area contributed by atoms with E-state index in [4.69, 9.17) is 0 Å². The average molecular weight is 446 g/mol. The number of carbonyl (C=O) groups is 1. The SMILES string of the molecule is CC(C)N1[C@@H]2CCC[C@H]1C[C@@H](S(=O)(=O)NC(=O)Nc1c3c(cc4c1CCC4)CCC3)C2. The Morgan fingerprint density at radius 1 is 0.968 bits per heavy atom. The lowest BCUT2D eigenvalue weighted by Gasteiger charge is -2.50. The molecule has 0 spiro atoms. The van der Waals surface area contributed by atoms with Crippen LogP contribution in [-0.4, -0.2) is 42.7 Å². The van der Waals surface area contributed by atoms with E-state index < -0.39 is 21.3 Å². The van der Waals surface area contributed by atoms with Crippen molar-refractivity contribution in [3.63, 3.8) is 0 Å². The Morgan fingerprint density at radius 2 is 1.55 bits per heavy atom. The number of urea groups is 1. The van der Waals surface area contributed by atoms with Gasteiger partial charge in [-0.1, -0.05) is 12.5 Å². The van der Waals surface area contributed by atoms with Crippen molar-refractivity contribution in [2.45, 2.75) is 108 Å². The summed E-state index contributed by atoms with van der Waals surface area (Å²) in [7, 11) is -3.71. The number of nitrogens with zero attached hydrogens (tertiary/aromatic N) is 1. The van der Waals surface area contributed by atoms with E-state index in [9.17, 15) is 13.2 Å². The molecule has 0 saturated carbocycles. The average Bonchev–Trinajstić information content (AvgIpc) is 3.35. The third-order valence-electron chi connectivity index (χ3n) is 7.97. The minimum atomic E-state index is -3.71. The maximum atomic E-state index is 13.2. The lowest BCUT2D eigenvalue weighted by atomic mass is 9.83. The van der Waals surface area contributed by atoms with Gasteiger partial charge < -0.3 is 5.32 Å². The zero-order valence-electron chi connectivity index (χ0n) is 18.7. The molecule has 2 fully saturated rings. The number of fused-ring (bicyclic) bond motifs is 4. The first-order chi connectivity index (χ1) is 14.8. The molecule has 2 N–H and O–H groups in total. The molecule has 2 heterocycles. The molecule has 2 bridgehead atoms. The number of carbonyl (C=O) groups excluding carboxylic acids is 1. The number of amides is 2. The molecule has 2 amide bonds. The highest BCUT2D eigenvalue weighted by Gasteiger charge is 2.44. The maximum absolute atomic E-state index is 13.2. The lowest BCUT2D eigenvalue weighted by molar-refractivity contribution is 0.0154. The molecule has 7 heteroatoms. The molecule has 3 atom stereocenters. The van der Waals surface area contributed by atoms with Crippen molar-refractivity contribution in [2.75, 3.05) is 5.32 Å². The van der Waals surface area contributed by atoms with Gasteiger partial charge in [-0.05, 0) is 100 Å². The molecule has 170 valence electrons. The third-order valence-corrected chi connectivity index (χ3v) is 9.70. The first kappa shape index (κ1) is 21.3. The van der Waals surface area contributed by atoms with Gasteiger partial charge in [0.15, 0.2) is 0 Å². The van der Waals surface area contributed by atoms with Crippen LogP contribution in [-0.2, 0) is 35.7 Å². The molecule has 1 aromatic carbocycles. The molecule has 2 aliphatic heterocycles. The quantitative estimate of drug-likeness (QED) is 0.737. The summed E-state index contributed by atoms with van der Waals surface area (Å²) in [5.41, 5.74) is 5.98. The summed E-state index contributed by atoms with van der Waals surface area (Å²) in [5, 5.41) is 2.49. The second-order valence-corrected chi connectivity index (χ2v) is 12.2. The van der Waals surface area contributed by atoms with Gasteiger partial charge in [0.1, 0.15) is 0 Å². The van der Waals surface area contributed by atoms with Crippen molar-refractivity contribution in [3.8, 4) is 0 Å². The van der Waals surface area contributed by atoms with Crippen LogP contribution in [0.4, 0.5) is 10.5 Å². The van der Waals surface area contributed by atoms with Crippen molar-refractivity contribution < 1.29 is 13.2 Å². The van der Waals surface area contributed by atoms with Gasteiger partial charge in [-0.2, -0.15) is 0 Å². The van der Waals surface area contributed by atoms with Gasteiger partial charge in [-0.15, -0.1) is 0 Å². The Balaban J connectivity index is 1.32. The number of nitrogens with one attached hydrogen (secondary N) is 2. The molecule has 1 aromatic rings. The number of hydrogen-bond donors (Lipinski definition) is 2. The number of rotatable bonds is 4. The van der Waals surface area contributed by atoms with E-state index >= 15 is 0 Å². The highest BCUT2D eigenvalue weighted by molar-refractivity contribution is 7.90. The Kier molecular flexibility index (Phi) is 5.53. The van der Waals surface area contributed by atoms with Crippen molar-refractivity contribution in [3.05, 3.63) is 28.3 Å². The van der Waals surface area contributed by atoms with Crippen LogP contribution in [0, 0.1) is 0 Å². The van der Waals surface area contributed by atoms with E-state index in [0.29, 0.717) is 31.0 Å². The summed E-state index contributed by atoms with van der Waals surface area (Å²) in [5.74, 6) is 0. The van der Waals surface area contributed by atoms with Gasteiger partial charge in [0, 0.05) is 23.8 Å². The van der Waals surface area contributed by atoms with Crippen LogP contribution >= 0.6 is 0 Å². The number of sulfonamides is 1. The number of piperidine rings is 2. The summed E-state index contributed by atoms with van der Waals surface area (Å²) in [6, 6.07) is 2.75. The predicted octanol–water partition coefficient (Wildman–Crippen LogP) is 3.91. The standard InChI is InChI=1S/C24H35N3O3S/c1-15(2)27-18-8-5-9-19(27)14-20(13-18)31(29,30)26-24(28)25-23-21-10-3-6-16(21)12-17-7-4-11-22(17)23/h12,15,18-20H,3-11,13-14H2,1-2H3,(H2,25,26,28)/t18-,19+,20+. The summed E-state index contributed by atoms with van der Waals surface area (Å²) in [6.45, 7) is 4.39. The predicted molar refractivity (Wildman–Crippen MR) is 123 cm³/mol. The first-order valence-electron chi connectivity index (χ1n) is 12.1. The zero-order chi connectivity index (χ0) is 21.8. The third kappa shape index (κ3) is 3.88. The molecule has 0 unspecified atom stereocenters. The van der Waals surface area contributed by atoms with Gasteiger partial charge in [0.25, 0.3) is 0 Å². The van der Waals surface area contributed by atoms with Crippen molar-refractivity contribution in [1.29, 1.82) is 0 Å². The lowest BCUT2D eigenvalue weighted by Crippen LogP contribution is -2.58. The van der Waals surface area contributed by atoms with E-state index in [-0.39, 0.29) is 0 Å². The van der Waals surface area contributed by atoms with E-state index in [1.54, 1.807) is 0 Å². The topological polar surface area (TPSA) is 78.5 Å². The Hall–Kier alpha value is -1.60. The highest BCUT2D eigenvalue weighted by atomic mass is 32.2. The largest absolute Gasteiger partial charge is 0.332 e. The molecule has 0 aromatic heterocycles. The van der Waals surface area contributed by atoms with Crippen LogP contribution in [0.25, 0.3) is 0 Å². The van der Waals surface area contributed by atoms with Crippen LogP contribution in [0.1, 0.15) is 81.0 Å². The Bertz CT molecular complexity index is 942. The molecule has 6 nitrogen and oxygen atoms in total. The van der Waals surface area contributed by atoms with Crippen molar-refractivity contribution in [1.82, 2.24) is 9.62 Å². The van der Waals surface area contributed by atoms with Gasteiger partial charge in [0.2, 0.25) is 10.0 Å². The van der Waals surface area contributed by atoms with Gasteiger partial charge in [-0.25, -0.2) is 17.9 Å². The molecule has 5 rings (SSSR count). The van der Waals surface area contributed by atoms with Gasteiger partial charge >= 0.3 is 6.03 Å². The molecular weight excluding hydrogens is 410 g/mol. The van der Waals surface area contributed by atoms with E-state index in [0.717, 1.165) is 57.1 Å². The van der Waals surface area contributed by atoms with Crippen molar-refractivity contribution >= 4 is 21.7 Å². The molecule has 2 saturated heterocycles. The number of anilines is 1. The van der Waals surface area contributed by atoms with Crippen LogP contribution in [0.3, 0.4) is 0 Å². The summed E-state index contributed by atoms with van der Waals surface area (Å²) >= 11 is 0. The van der Waals surface area contributed by atoms with Gasteiger partial charge in [-0.3, -0.25) is 4.90 Å². The van der Waals surface area contributed by atoms with E-state index in [1.807, 2.05) is 0 Å². The number of aryl methyl sites for hydroxylation is 2. The molecule has 4 aliphatic rings. The van der Waals surface area contributed by atoms with Crippen molar-refractivity contribution in [2.24, 2.45) is 0 Å². The summed E-state index contributed by atoms with van der Waals surface area (Å²) in [4.78, 5) is 15.4. The molecule has 0 radical (unpaired) electrons. The smallest absolute Gasteiger partial charge is 0.307 e. The molecule has 2 aliphatic carbocycles. The minimum Gasteiger partial charge on any atom is -0.307 e. The van der Waals surface area contributed by atoms with Crippen LogP contribution in [0.15, 0.2) is 6.07 Å². The fourth-order valence-electron chi connectivity index (χ4n) is 6.78. The summed E-state index contributed by atoms with van der Waals surface area (Å²) in [6.07, 6.45) is 10.7. The summed E-state index contributed by atoms with van der Waals surface area (Å²) < 4.78 is 28.7. The fourth-order valence-corrected chi connectivity index (χ4v) is 8.21. The minimum absolute atomic E-state index is 0.304. The molecular formula is C24H35N3O3S. The number of hydrogen-bond acceptors (Lipinski definition) is 4. The van der Waals surface area contributed by atoms with Gasteiger partial charge in [0.05, 0.1) is 5.25 Å². The second kappa shape index (κ2) is 8.07. The monoisotopic (exact) mass is 445 g/mol. The fraction of sp³-hybridized carbons (Fsp3) is 0.708. The second-order valence-electron chi connectivity index (χ2n) is 10.2. The Morgan fingerprint density at radius 3 is 2.10 bits per heavy atom. The number of benzene rings is 1. The Labute approximate surface area is 186 Å². The molecule has 31 heavy (non-hydrogen) atoms.